The molecule has 1 N–H and O–H groups in total. The summed E-state index contributed by atoms with van der Waals surface area (Å²) in [5.41, 5.74) is 0.219. The summed E-state index contributed by atoms with van der Waals surface area (Å²) in [5, 5.41) is 11.1. The lowest BCUT2D eigenvalue weighted by molar-refractivity contribution is -0.0932. The maximum atomic E-state index is 10.4. The topological polar surface area (TPSA) is 20.2 Å². The minimum absolute atomic E-state index is 0.631. The van der Waals surface area contributed by atoms with Gasteiger partial charge in [0.25, 0.3) is 0 Å². The van der Waals surface area contributed by atoms with Crippen LogP contribution >= 0.6 is 11.6 Å². The van der Waals surface area contributed by atoms with Gasteiger partial charge in [-0.3, -0.25) is 0 Å². The van der Waals surface area contributed by atoms with Gasteiger partial charge in [-0.1, -0.05) is 43.6 Å². The van der Waals surface area contributed by atoms with Crippen molar-refractivity contribution in [3.8, 4) is 0 Å². The van der Waals surface area contributed by atoms with E-state index in [4.69, 9.17) is 11.6 Å². The van der Waals surface area contributed by atoms with Crippen LogP contribution in [0.5, 0.6) is 0 Å². The van der Waals surface area contributed by atoms with Crippen molar-refractivity contribution in [2.75, 3.05) is 0 Å². The van der Waals surface area contributed by atoms with Gasteiger partial charge in [-0.05, 0) is 30.7 Å². The van der Waals surface area contributed by atoms with Crippen LogP contribution in [0.2, 0.25) is 5.02 Å². The first kappa shape index (κ1) is 11.0. The first-order chi connectivity index (χ1) is 7.03. The van der Waals surface area contributed by atoms with E-state index in [0.29, 0.717) is 16.9 Å². The Balaban J connectivity index is 2.17. The predicted octanol–water partition coefficient (Wildman–Crippen LogP) is 3.59. The number of halogens is 1. The third-order valence-corrected chi connectivity index (χ3v) is 3.85. The van der Waals surface area contributed by atoms with Crippen molar-refractivity contribution < 1.29 is 5.11 Å². The standard InChI is InChI=1S/C13H17ClO/c1-9(2)10-7-13(15,8-10)11-5-3-4-6-12(11)14/h3-6,9-10,15H,7-8H2,1-2H3. The molecule has 0 radical (unpaired) electrons. The highest BCUT2D eigenvalue weighted by atomic mass is 35.5. The summed E-state index contributed by atoms with van der Waals surface area (Å²) in [6.07, 6.45) is 1.68. The Hall–Kier alpha value is -0.530. The van der Waals surface area contributed by atoms with Crippen LogP contribution < -0.4 is 0 Å². The molecule has 0 aliphatic heterocycles. The molecule has 0 amide bonds. The Kier molecular flexibility index (Phi) is 2.78. The third kappa shape index (κ3) is 1.91. The van der Waals surface area contributed by atoms with Gasteiger partial charge in [-0.25, -0.2) is 0 Å². The lowest BCUT2D eigenvalue weighted by atomic mass is 9.63. The second kappa shape index (κ2) is 3.80. The molecule has 0 saturated heterocycles. The smallest absolute Gasteiger partial charge is 0.0916 e. The Morgan fingerprint density at radius 2 is 1.93 bits per heavy atom. The molecule has 1 aliphatic carbocycles. The van der Waals surface area contributed by atoms with Crippen molar-refractivity contribution in [2.45, 2.75) is 32.3 Å². The van der Waals surface area contributed by atoms with Crippen LogP contribution in [-0.2, 0) is 5.60 Å². The number of benzene rings is 1. The van der Waals surface area contributed by atoms with Gasteiger partial charge in [0, 0.05) is 10.6 Å². The van der Waals surface area contributed by atoms with E-state index in [2.05, 4.69) is 13.8 Å². The van der Waals surface area contributed by atoms with Crippen molar-refractivity contribution >= 4 is 11.6 Å². The molecule has 0 bridgehead atoms. The Labute approximate surface area is 96.1 Å². The van der Waals surface area contributed by atoms with Gasteiger partial charge in [0.1, 0.15) is 0 Å². The first-order valence-electron chi connectivity index (χ1n) is 5.50. The average molecular weight is 225 g/mol. The minimum atomic E-state index is -0.673. The third-order valence-electron chi connectivity index (χ3n) is 3.52. The summed E-state index contributed by atoms with van der Waals surface area (Å²) in [5.74, 6) is 1.28. The van der Waals surface area contributed by atoms with Crippen molar-refractivity contribution in [3.05, 3.63) is 34.9 Å². The second-order valence-corrected chi connectivity index (χ2v) is 5.33. The molecule has 0 spiro atoms. The van der Waals surface area contributed by atoms with Gasteiger partial charge in [-0.2, -0.15) is 0 Å². The predicted molar refractivity (Wildman–Crippen MR) is 62.9 cm³/mol. The fourth-order valence-corrected chi connectivity index (χ4v) is 2.65. The lowest BCUT2D eigenvalue weighted by Crippen LogP contribution is -2.43. The fourth-order valence-electron chi connectivity index (χ4n) is 2.34. The zero-order valence-electron chi connectivity index (χ0n) is 9.20. The van der Waals surface area contributed by atoms with E-state index in [9.17, 15) is 5.11 Å². The largest absolute Gasteiger partial charge is 0.385 e. The van der Waals surface area contributed by atoms with Gasteiger partial charge >= 0.3 is 0 Å². The minimum Gasteiger partial charge on any atom is -0.385 e. The molecule has 82 valence electrons. The van der Waals surface area contributed by atoms with Crippen molar-refractivity contribution in [3.63, 3.8) is 0 Å². The van der Waals surface area contributed by atoms with Gasteiger partial charge in [-0.15, -0.1) is 0 Å². The second-order valence-electron chi connectivity index (χ2n) is 4.92. The molecule has 0 aromatic heterocycles. The summed E-state index contributed by atoms with van der Waals surface area (Å²) in [6.45, 7) is 4.41. The molecule has 2 rings (SSSR count). The van der Waals surface area contributed by atoms with E-state index < -0.39 is 5.60 Å². The molecule has 0 unspecified atom stereocenters. The summed E-state index contributed by atoms with van der Waals surface area (Å²) >= 11 is 6.09. The Morgan fingerprint density at radius 1 is 1.33 bits per heavy atom. The maximum absolute atomic E-state index is 10.4. The van der Waals surface area contributed by atoms with E-state index in [-0.39, 0.29) is 0 Å². The highest BCUT2D eigenvalue weighted by molar-refractivity contribution is 6.31. The highest BCUT2D eigenvalue weighted by Crippen LogP contribution is 2.50. The highest BCUT2D eigenvalue weighted by Gasteiger charge is 2.45. The molecule has 1 aliphatic rings. The van der Waals surface area contributed by atoms with E-state index in [1.165, 1.54) is 0 Å². The van der Waals surface area contributed by atoms with Crippen LogP contribution in [0.15, 0.2) is 24.3 Å². The van der Waals surface area contributed by atoms with Crippen molar-refractivity contribution in [1.82, 2.24) is 0 Å². The summed E-state index contributed by atoms with van der Waals surface area (Å²) < 4.78 is 0. The lowest BCUT2D eigenvalue weighted by Gasteiger charge is -2.46. The van der Waals surface area contributed by atoms with Crippen LogP contribution in [0.3, 0.4) is 0 Å². The normalized spacial score (nSPS) is 30.3. The molecule has 1 fully saturated rings. The molecular weight excluding hydrogens is 208 g/mol. The number of aliphatic hydroxyl groups is 1. The quantitative estimate of drug-likeness (QED) is 0.814. The van der Waals surface area contributed by atoms with Crippen LogP contribution in [0.4, 0.5) is 0 Å². The Morgan fingerprint density at radius 3 is 2.47 bits per heavy atom. The average Bonchev–Trinajstić information content (AvgIpc) is 2.13. The van der Waals surface area contributed by atoms with Gasteiger partial charge in [0.05, 0.1) is 5.60 Å². The molecule has 15 heavy (non-hydrogen) atoms. The van der Waals surface area contributed by atoms with Crippen LogP contribution in [0.25, 0.3) is 0 Å². The van der Waals surface area contributed by atoms with E-state index in [1.807, 2.05) is 24.3 Å². The van der Waals surface area contributed by atoms with E-state index >= 15 is 0 Å². The summed E-state index contributed by atoms with van der Waals surface area (Å²) in [6, 6.07) is 7.60. The van der Waals surface area contributed by atoms with Crippen LogP contribution in [-0.4, -0.2) is 5.11 Å². The van der Waals surface area contributed by atoms with Gasteiger partial charge < -0.3 is 5.11 Å². The molecule has 0 heterocycles. The van der Waals surface area contributed by atoms with E-state index in [0.717, 1.165) is 18.4 Å². The molecule has 1 nitrogen and oxygen atoms in total. The van der Waals surface area contributed by atoms with Crippen molar-refractivity contribution in [1.29, 1.82) is 0 Å². The molecule has 2 heteroatoms. The SMILES string of the molecule is CC(C)C1CC(O)(c2ccccc2Cl)C1. The van der Waals surface area contributed by atoms with E-state index in [1.54, 1.807) is 0 Å². The molecule has 1 aromatic carbocycles. The zero-order chi connectivity index (χ0) is 11.1. The molecule has 1 aromatic rings. The maximum Gasteiger partial charge on any atom is 0.0916 e. The number of rotatable bonds is 2. The molecule has 0 atom stereocenters. The molecular formula is C13H17ClO. The van der Waals surface area contributed by atoms with Crippen LogP contribution in [0.1, 0.15) is 32.3 Å². The van der Waals surface area contributed by atoms with Crippen molar-refractivity contribution in [2.24, 2.45) is 11.8 Å². The van der Waals surface area contributed by atoms with Gasteiger partial charge in [0.15, 0.2) is 0 Å². The van der Waals surface area contributed by atoms with Crippen LogP contribution in [0, 0.1) is 11.8 Å². The zero-order valence-corrected chi connectivity index (χ0v) is 9.96. The summed E-state index contributed by atoms with van der Waals surface area (Å²) in [7, 11) is 0. The first-order valence-corrected chi connectivity index (χ1v) is 5.88. The monoisotopic (exact) mass is 224 g/mol. The number of hydrogen-bond donors (Lipinski definition) is 1. The number of hydrogen-bond acceptors (Lipinski definition) is 1. The fraction of sp³-hybridized carbons (Fsp3) is 0.538. The Bertz CT molecular complexity index is 353. The summed E-state index contributed by atoms with van der Waals surface area (Å²) in [4.78, 5) is 0. The molecule has 1 saturated carbocycles. The van der Waals surface area contributed by atoms with Gasteiger partial charge in [0.2, 0.25) is 0 Å².